The lowest BCUT2D eigenvalue weighted by atomic mass is 10.2. The second-order valence-corrected chi connectivity index (χ2v) is 6.58. The summed E-state index contributed by atoms with van der Waals surface area (Å²) in [5, 5.41) is 7.03. The van der Waals surface area contributed by atoms with Crippen LogP contribution in [-0.2, 0) is 6.18 Å². The summed E-state index contributed by atoms with van der Waals surface area (Å²) in [5.41, 5.74) is -0.284. The molecule has 3 aromatic rings. The van der Waals surface area contributed by atoms with E-state index in [0.717, 1.165) is 18.1 Å². The normalized spacial score (nSPS) is 17.7. The van der Waals surface area contributed by atoms with E-state index >= 15 is 0 Å². The molecule has 11 heteroatoms. The van der Waals surface area contributed by atoms with Crippen molar-refractivity contribution in [1.29, 1.82) is 0 Å². The number of nitrogens with one attached hydrogen (secondary N) is 1. The van der Waals surface area contributed by atoms with Crippen LogP contribution in [0, 0.1) is 5.82 Å². The van der Waals surface area contributed by atoms with Crippen LogP contribution in [0.15, 0.2) is 30.6 Å². The van der Waals surface area contributed by atoms with Crippen LogP contribution in [0.1, 0.15) is 12.1 Å². The molecule has 0 saturated carbocycles. The van der Waals surface area contributed by atoms with Crippen molar-refractivity contribution >= 4 is 28.9 Å². The second-order valence-electron chi connectivity index (χ2n) is 6.17. The van der Waals surface area contributed by atoms with E-state index in [1.54, 1.807) is 6.07 Å². The third kappa shape index (κ3) is 3.48. The Hall–Kier alpha value is -2.62. The number of fused-ring (bicyclic) bond motifs is 1. The standard InChI is InChI=1S/C16H13ClF4N6/c17-11-5-10(1-2-12(11)18)26-4-3-9(7-26)24-14-6-13(16(19,20)21)25-15-22-8-23-27(14)15/h1-2,5-6,8-9,24H,3-4,7H2. The maximum absolute atomic E-state index is 13.3. The van der Waals surface area contributed by atoms with E-state index in [9.17, 15) is 17.6 Å². The molecule has 6 nitrogen and oxygen atoms in total. The van der Waals surface area contributed by atoms with Crippen LogP contribution in [0.5, 0.6) is 0 Å². The number of nitrogens with zero attached hydrogens (tertiary/aromatic N) is 5. The molecule has 27 heavy (non-hydrogen) atoms. The minimum absolute atomic E-state index is 0.0252. The molecule has 0 spiro atoms. The van der Waals surface area contributed by atoms with Gasteiger partial charge in [-0.1, -0.05) is 11.6 Å². The first-order valence-electron chi connectivity index (χ1n) is 8.06. The first-order chi connectivity index (χ1) is 12.8. The van der Waals surface area contributed by atoms with Gasteiger partial charge >= 0.3 is 6.18 Å². The molecule has 4 rings (SSSR count). The van der Waals surface area contributed by atoms with Gasteiger partial charge in [-0.2, -0.15) is 27.8 Å². The Bertz CT molecular complexity index is 989. The summed E-state index contributed by atoms with van der Waals surface area (Å²) in [6, 6.07) is 5.22. The predicted molar refractivity (Wildman–Crippen MR) is 91.4 cm³/mol. The highest BCUT2D eigenvalue weighted by atomic mass is 35.5. The van der Waals surface area contributed by atoms with Gasteiger partial charge in [0, 0.05) is 30.9 Å². The lowest BCUT2D eigenvalue weighted by molar-refractivity contribution is -0.141. The third-order valence-electron chi connectivity index (χ3n) is 4.35. The Kier molecular flexibility index (Phi) is 4.29. The molecular weight excluding hydrogens is 388 g/mol. The highest BCUT2D eigenvalue weighted by molar-refractivity contribution is 6.31. The summed E-state index contributed by atoms with van der Waals surface area (Å²) < 4.78 is 53.8. The predicted octanol–water partition coefficient (Wildman–Crippen LogP) is 3.63. The van der Waals surface area contributed by atoms with E-state index in [-0.39, 0.29) is 22.7 Å². The second kappa shape index (κ2) is 6.52. The van der Waals surface area contributed by atoms with E-state index in [1.165, 1.54) is 16.6 Å². The molecule has 2 aromatic heterocycles. The van der Waals surface area contributed by atoms with Crippen LogP contribution in [0.2, 0.25) is 5.02 Å². The Morgan fingerprint density at radius 1 is 1.22 bits per heavy atom. The van der Waals surface area contributed by atoms with Crippen LogP contribution in [0.25, 0.3) is 5.78 Å². The van der Waals surface area contributed by atoms with Crippen molar-refractivity contribution in [2.75, 3.05) is 23.3 Å². The van der Waals surface area contributed by atoms with Gasteiger partial charge in [0.15, 0.2) is 5.69 Å². The molecule has 0 radical (unpaired) electrons. The number of hydrogen-bond acceptors (Lipinski definition) is 5. The van der Waals surface area contributed by atoms with E-state index in [0.29, 0.717) is 19.5 Å². The first-order valence-corrected chi connectivity index (χ1v) is 8.43. The molecule has 1 aliphatic heterocycles. The first kappa shape index (κ1) is 17.8. The molecule has 1 aliphatic rings. The number of benzene rings is 1. The van der Waals surface area contributed by atoms with Crippen LogP contribution in [0.4, 0.5) is 29.1 Å². The molecule has 0 amide bonds. The third-order valence-corrected chi connectivity index (χ3v) is 4.64. The average molecular weight is 401 g/mol. The van der Waals surface area contributed by atoms with Crippen LogP contribution in [-0.4, -0.2) is 38.7 Å². The van der Waals surface area contributed by atoms with Crippen LogP contribution >= 0.6 is 11.6 Å². The molecule has 1 atom stereocenters. The highest BCUT2D eigenvalue weighted by Gasteiger charge is 2.34. The Morgan fingerprint density at radius 3 is 2.78 bits per heavy atom. The zero-order valence-corrected chi connectivity index (χ0v) is 14.5. The maximum atomic E-state index is 13.3. The fourth-order valence-electron chi connectivity index (χ4n) is 3.06. The fraction of sp³-hybridized carbons (Fsp3) is 0.312. The number of anilines is 2. The van der Waals surface area contributed by atoms with Gasteiger partial charge < -0.3 is 10.2 Å². The minimum atomic E-state index is -4.59. The summed E-state index contributed by atoms with van der Waals surface area (Å²) in [6.45, 7) is 1.17. The van der Waals surface area contributed by atoms with Gasteiger partial charge in [-0.05, 0) is 24.6 Å². The Balaban J connectivity index is 1.56. The minimum Gasteiger partial charge on any atom is -0.369 e. The fourth-order valence-corrected chi connectivity index (χ4v) is 3.24. The van der Waals surface area contributed by atoms with E-state index < -0.39 is 17.7 Å². The van der Waals surface area contributed by atoms with Crippen molar-refractivity contribution < 1.29 is 17.6 Å². The summed E-state index contributed by atoms with van der Waals surface area (Å²) in [5.74, 6) is -0.472. The number of alkyl halides is 3. The molecule has 1 saturated heterocycles. The van der Waals surface area contributed by atoms with Gasteiger partial charge in [-0.3, -0.25) is 0 Å². The van der Waals surface area contributed by atoms with Crippen molar-refractivity contribution in [1.82, 2.24) is 19.6 Å². The van der Waals surface area contributed by atoms with E-state index in [2.05, 4.69) is 20.4 Å². The zero-order valence-electron chi connectivity index (χ0n) is 13.7. The molecule has 0 bridgehead atoms. The van der Waals surface area contributed by atoms with Gasteiger partial charge in [-0.15, -0.1) is 0 Å². The van der Waals surface area contributed by atoms with Gasteiger partial charge in [0.05, 0.1) is 5.02 Å². The number of aromatic nitrogens is 4. The highest BCUT2D eigenvalue weighted by Crippen LogP contribution is 2.31. The summed E-state index contributed by atoms with van der Waals surface area (Å²) in [6.07, 6.45) is -2.76. The lowest BCUT2D eigenvalue weighted by Crippen LogP contribution is -2.27. The quantitative estimate of drug-likeness (QED) is 0.680. The smallest absolute Gasteiger partial charge is 0.369 e. The Morgan fingerprint density at radius 2 is 2.04 bits per heavy atom. The largest absolute Gasteiger partial charge is 0.433 e. The molecule has 1 N–H and O–H groups in total. The van der Waals surface area contributed by atoms with E-state index in [1.807, 2.05) is 4.90 Å². The molecule has 1 aromatic carbocycles. The van der Waals surface area contributed by atoms with Gasteiger partial charge in [0.2, 0.25) is 0 Å². The molecule has 1 fully saturated rings. The number of hydrogen-bond donors (Lipinski definition) is 1. The van der Waals surface area contributed by atoms with Crippen molar-refractivity contribution in [3.8, 4) is 0 Å². The number of rotatable bonds is 3. The molecule has 3 heterocycles. The molecular formula is C16H13ClF4N6. The SMILES string of the molecule is Fc1ccc(N2CCC(Nc3cc(C(F)(F)F)nc4ncnn34)C2)cc1Cl. The molecule has 0 aliphatic carbocycles. The molecule has 142 valence electrons. The van der Waals surface area contributed by atoms with E-state index in [4.69, 9.17) is 11.6 Å². The molecule has 1 unspecified atom stereocenters. The maximum Gasteiger partial charge on any atom is 0.433 e. The van der Waals surface area contributed by atoms with Crippen molar-refractivity contribution in [2.24, 2.45) is 0 Å². The summed E-state index contributed by atoms with van der Waals surface area (Å²) >= 11 is 5.82. The van der Waals surface area contributed by atoms with Crippen LogP contribution < -0.4 is 10.2 Å². The lowest BCUT2D eigenvalue weighted by Gasteiger charge is -2.20. The monoisotopic (exact) mass is 400 g/mol. The van der Waals surface area contributed by atoms with Crippen LogP contribution in [0.3, 0.4) is 0 Å². The topological polar surface area (TPSA) is 58.3 Å². The van der Waals surface area contributed by atoms with Gasteiger partial charge in [-0.25, -0.2) is 9.37 Å². The number of halogens is 5. The van der Waals surface area contributed by atoms with Crippen molar-refractivity contribution in [3.63, 3.8) is 0 Å². The summed E-state index contributed by atoms with van der Waals surface area (Å²) in [7, 11) is 0. The van der Waals surface area contributed by atoms with Gasteiger partial charge in [0.1, 0.15) is 18.0 Å². The Labute approximate surface area is 155 Å². The average Bonchev–Trinajstić information content (AvgIpc) is 3.25. The van der Waals surface area contributed by atoms with Gasteiger partial charge in [0.25, 0.3) is 5.78 Å². The van der Waals surface area contributed by atoms with Crippen molar-refractivity contribution in [3.05, 3.63) is 47.1 Å². The summed E-state index contributed by atoms with van der Waals surface area (Å²) in [4.78, 5) is 9.21. The van der Waals surface area contributed by atoms with Crippen molar-refractivity contribution in [2.45, 2.75) is 18.6 Å². The zero-order chi connectivity index (χ0) is 19.2.